The molecule has 0 unspecified atom stereocenters. The summed E-state index contributed by atoms with van der Waals surface area (Å²) in [6.07, 6.45) is 0. The number of nitrogens with two attached hydrogens (primary N) is 1. The van der Waals surface area contributed by atoms with Crippen LogP contribution in [0.1, 0.15) is 89.1 Å². The lowest BCUT2D eigenvalue weighted by atomic mass is 9.99. The second-order valence-corrected chi connectivity index (χ2v) is 12.5. The van der Waals surface area contributed by atoms with Gasteiger partial charge in [0.1, 0.15) is 27.9 Å². The number of alkyl halides is 2. The molecule has 11 nitrogen and oxygen atoms in total. The SMILES string of the molecule is COC(=O)c1nc(-c2csc([C@@H](C)C(C)C)n2)oc1C.COC(=O)c1nc(-c2csc([C@@H](N)C(C)C)n2)oc1C.ClCCl. The molecule has 2 atom stereocenters. The second kappa shape index (κ2) is 16.9. The first-order valence-corrected chi connectivity index (χ1v) is 16.0. The van der Waals surface area contributed by atoms with Gasteiger partial charge >= 0.3 is 11.9 Å². The summed E-state index contributed by atoms with van der Waals surface area (Å²) in [6.45, 7) is 13.9. The molecule has 0 aliphatic heterocycles. The Labute approximate surface area is 269 Å². The third-order valence-electron chi connectivity index (χ3n) is 6.23. The number of nitrogens with zero attached hydrogens (tertiary/aromatic N) is 4. The zero-order valence-corrected chi connectivity index (χ0v) is 28.7. The summed E-state index contributed by atoms with van der Waals surface area (Å²) < 4.78 is 20.3. The molecule has 0 bridgehead atoms. The van der Waals surface area contributed by atoms with Crippen LogP contribution >= 0.6 is 45.9 Å². The lowest BCUT2D eigenvalue weighted by molar-refractivity contribution is 0.0584. The quantitative estimate of drug-likeness (QED) is 0.145. The van der Waals surface area contributed by atoms with Gasteiger partial charge in [0.05, 0.1) is 30.6 Å². The summed E-state index contributed by atoms with van der Waals surface area (Å²) in [7, 11) is 2.63. The number of carbonyl (C=O) groups is 2. The number of hydrogen-bond acceptors (Lipinski definition) is 13. The number of methoxy groups -OCH3 is 2. The maximum absolute atomic E-state index is 11.5. The van der Waals surface area contributed by atoms with E-state index in [4.69, 9.17) is 37.8 Å². The van der Waals surface area contributed by atoms with Crippen molar-refractivity contribution in [3.8, 4) is 23.2 Å². The molecule has 0 aliphatic rings. The van der Waals surface area contributed by atoms with Crippen molar-refractivity contribution >= 4 is 57.8 Å². The van der Waals surface area contributed by atoms with Gasteiger partial charge in [-0.05, 0) is 25.7 Å². The topological polar surface area (TPSA) is 156 Å². The summed E-state index contributed by atoms with van der Waals surface area (Å²) >= 11 is 12.6. The van der Waals surface area contributed by atoms with Gasteiger partial charge in [0.15, 0.2) is 11.4 Å². The van der Waals surface area contributed by atoms with E-state index in [1.807, 2.05) is 24.6 Å². The van der Waals surface area contributed by atoms with Crippen molar-refractivity contribution in [1.29, 1.82) is 0 Å². The lowest BCUT2D eigenvalue weighted by Gasteiger charge is -2.11. The zero-order chi connectivity index (χ0) is 32.4. The van der Waals surface area contributed by atoms with Gasteiger partial charge in [0.25, 0.3) is 0 Å². The van der Waals surface area contributed by atoms with Gasteiger partial charge in [0, 0.05) is 16.7 Å². The van der Waals surface area contributed by atoms with Gasteiger partial charge in [-0.3, -0.25) is 0 Å². The van der Waals surface area contributed by atoms with E-state index in [-0.39, 0.29) is 22.8 Å². The predicted octanol–water partition coefficient (Wildman–Crippen LogP) is 7.62. The van der Waals surface area contributed by atoms with Crippen molar-refractivity contribution in [2.24, 2.45) is 17.6 Å². The van der Waals surface area contributed by atoms with E-state index in [0.717, 1.165) is 10.0 Å². The fraction of sp³-hybridized carbons (Fsp3) is 0.500. The number of aryl methyl sites for hydroxylation is 2. The smallest absolute Gasteiger partial charge is 0.360 e. The normalized spacial score (nSPS) is 12.2. The summed E-state index contributed by atoms with van der Waals surface area (Å²) in [5.74, 6) is 1.70. The minimum atomic E-state index is -0.521. The molecule has 4 aromatic rings. The largest absolute Gasteiger partial charge is 0.464 e. The molecule has 0 amide bonds. The van der Waals surface area contributed by atoms with E-state index in [1.165, 1.54) is 25.6 Å². The number of halogens is 2. The van der Waals surface area contributed by atoms with E-state index in [2.05, 4.69) is 50.2 Å². The molecule has 0 fully saturated rings. The van der Waals surface area contributed by atoms with Gasteiger partial charge in [0.2, 0.25) is 11.8 Å². The molecule has 0 aromatic carbocycles. The molecule has 0 spiro atoms. The number of rotatable bonds is 8. The maximum atomic E-state index is 11.5. The van der Waals surface area contributed by atoms with Crippen LogP contribution in [0.4, 0.5) is 0 Å². The van der Waals surface area contributed by atoms with E-state index in [9.17, 15) is 9.59 Å². The van der Waals surface area contributed by atoms with Crippen LogP contribution in [0.3, 0.4) is 0 Å². The molecule has 4 aromatic heterocycles. The van der Waals surface area contributed by atoms with Crippen molar-refractivity contribution in [3.63, 3.8) is 0 Å². The summed E-state index contributed by atoms with van der Waals surface area (Å²) in [4.78, 5) is 40.3. The average Bonchev–Trinajstić information content (AvgIpc) is 3.78. The summed E-state index contributed by atoms with van der Waals surface area (Å²) in [5.41, 5.74) is 7.68. The highest BCUT2D eigenvalue weighted by molar-refractivity contribution is 7.10. The van der Waals surface area contributed by atoms with Crippen molar-refractivity contribution < 1.29 is 27.9 Å². The molecule has 4 rings (SSSR count). The fourth-order valence-corrected chi connectivity index (χ4v) is 5.28. The third-order valence-corrected chi connectivity index (χ3v) is 8.22. The monoisotopic (exact) mass is 673 g/mol. The first kappa shape index (κ1) is 36.4. The number of carbonyl (C=O) groups excluding carboxylic acids is 2. The van der Waals surface area contributed by atoms with Crippen LogP contribution in [0, 0.1) is 25.7 Å². The Kier molecular flexibility index (Phi) is 14.3. The van der Waals surface area contributed by atoms with E-state index in [0.29, 0.717) is 52.4 Å². The second-order valence-electron chi connectivity index (χ2n) is 9.88. The van der Waals surface area contributed by atoms with Crippen LogP contribution in [-0.2, 0) is 9.47 Å². The minimum Gasteiger partial charge on any atom is -0.464 e. The Bertz CT molecular complexity index is 1370. The van der Waals surface area contributed by atoms with Gasteiger partial charge in [-0.15, -0.1) is 45.9 Å². The van der Waals surface area contributed by atoms with Crippen LogP contribution < -0.4 is 5.73 Å². The lowest BCUT2D eigenvalue weighted by Crippen LogP contribution is -2.16. The zero-order valence-electron chi connectivity index (χ0n) is 25.6. The minimum absolute atomic E-state index is 0.120. The van der Waals surface area contributed by atoms with Crippen LogP contribution in [0.5, 0.6) is 0 Å². The molecule has 43 heavy (non-hydrogen) atoms. The number of thiazole rings is 2. The molecule has 4 heterocycles. The summed E-state index contributed by atoms with van der Waals surface area (Å²) in [6, 6.07) is -0.120. The molecule has 0 aliphatic carbocycles. The Hall–Kier alpha value is -2.84. The van der Waals surface area contributed by atoms with Crippen molar-refractivity contribution in [3.05, 3.63) is 43.7 Å². The van der Waals surface area contributed by atoms with Crippen LogP contribution in [0.25, 0.3) is 23.2 Å². The Morgan fingerprint density at radius 3 is 1.56 bits per heavy atom. The number of aromatic nitrogens is 4. The molecular formula is C28H37Cl2N5O6S2. The van der Waals surface area contributed by atoms with E-state index < -0.39 is 11.9 Å². The third kappa shape index (κ3) is 9.57. The van der Waals surface area contributed by atoms with E-state index >= 15 is 0 Å². The van der Waals surface area contributed by atoms with Crippen molar-refractivity contribution in [2.45, 2.75) is 60.4 Å². The number of ether oxygens (including phenoxy) is 2. The van der Waals surface area contributed by atoms with Gasteiger partial charge in [-0.2, -0.15) is 0 Å². The highest BCUT2D eigenvalue weighted by Crippen LogP contribution is 2.31. The van der Waals surface area contributed by atoms with Crippen LogP contribution in [0.2, 0.25) is 0 Å². The molecule has 2 N–H and O–H groups in total. The number of esters is 2. The van der Waals surface area contributed by atoms with Gasteiger partial charge in [-0.25, -0.2) is 29.5 Å². The van der Waals surface area contributed by atoms with Gasteiger partial charge in [-0.1, -0.05) is 34.6 Å². The average molecular weight is 675 g/mol. The first-order chi connectivity index (χ1) is 20.3. The fourth-order valence-electron chi connectivity index (χ4n) is 3.29. The van der Waals surface area contributed by atoms with Crippen LogP contribution in [-0.4, -0.2) is 51.4 Å². The summed E-state index contributed by atoms with van der Waals surface area (Å²) in [5, 5.41) is 5.79. The molecule has 15 heteroatoms. The highest BCUT2D eigenvalue weighted by atomic mass is 35.5. The van der Waals surface area contributed by atoms with Crippen molar-refractivity contribution in [2.75, 3.05) is 19.6 Å². The molecule has 0 saturated carbocycles. The number of oxazole rings is 2. The molecular weight excluding hydrogens is 637 g/mol. The Balaban J connectivity index is 0.000000275. The highest BCUT2D eigenvalue weighted by Gasteiger charge is 2.23. The predicted molar refractivity (Wildman–Crippen MR) is 169 cm³/mol. The first-order valence-electron chi connectivity index (χ1n) is 13.2. The maximum Gasteiger partial charge on any atom is 0.360 e. The van der Waals surface area contributed by atoms with Crippen molar-refractivity contribution in [1.82, 2.24) is 19.9 Å². The molecule has 0 radical (unpaired) electrons. The molecule has 0 saturated heterocycles. The Morgan fingerprint density at radius 1 is 0.791 bits per heavy atom. The standard InChI is InChI=1S/C14H18N2O3S.C13H17N3O3S.CH2Cl2/c1-7(2)8(3)13-15-10(6-20-13)12-16-11(9(4)19-12)14(17)18-5;1-6(2)9(14)12-15-8(5-20-12)11-16-10(7(3)19-11)13(17)18-4;2-1-3/h6-8H,1-5H3;5-6,9H,14H2,1-4H3;1H2/t8-;9-;/m00./s1. The van der Waals surface area contributed by atoms with Gasteiger partial charge < -0.3 is 24.0 Å². The molecule has 236 valence electrons. The van der Waals surface area contributed by atoms with Crippen LogP contribution in [0.15, 0.2) is 19.6 Å². The van der Waals surface area contributed by atoms with E-state index in [1.54, 1.807) is 25.2 Å². The Morgan fingerprint density at radius 2 is 1.19 bits per heavy atom. The number of hydrogen-bond donors (Lipinski definition) is 1.